The lowest BCUT2D eigenvalue weighted by molar-refractivity contribution is -0.129. The lowest BCUT2D eigenvalue weighted by Crippen LogP contribution is -2.52. The number of nitrogens with one attached hydrogen (secondary N) is 2. The Morgan fingerprint density at radius 2 is 1.77 bits per heavy atom. The van der Waals surface area contributed by atoms with Gasteiger partial charge in [0.15, 0.2) is 0 Å². The number of benzene rings is 1. The van der Waals surface area contributed by atoms with Crippen molar-refractivity contribution in [1.82, 2.24) is 10.6 Å². The minimum absolute atomic E-state index is 0.0488. The topological polar surface area (TPSA) is 101 Å². The molecule has 7 heteroatoms. The molecule has 1 aromatic rings. The number of halogens is 1. The predicted octanol–water partition coefficient (Wildman–Crippen LogP) is 0.937. The van der Waals surface area contributed by atoms with Crippen LogP contribution in [0.5, 0.6) is 0 Å². The third-order valence-electron chi connectivity index (χ3n) is 3.02. The van der Waals surface area contributed by atoms with Crippen molar-refractivity contribution in [3.63, 3.8) is 0 Å². The Morgan fingerprint density at radius 3 is 2.23 bits per heavy atom. The summed E-state index contributed by atoms with van der Waals surface area (Å²) in [5, 5.41) is 5.81. The largest absolute Gasteiger partial charge is 0.368 e. The molecule has 0 spiro atoms. The van der Waals surface area contributed by atoms with E-state index in [4.69, 9.17) is 5.73 Å². The average molecular weight is 370 g/mol. The highest BCUT2D eigenvalue weighted by molar-refractivity contribution is 9.08. The van der Waals surface area contributed by atoms with Gasteiger partial charge in [-0.05, 0) is 17.7 Å². The zero-order valence-electron chi connectivity index (χ0n) is 12.6. The molecule has 1 aromatic carbocycles. The van der Waals surface area contributed by atoms with Crippen LogP contribution in [0.15, 0.2) is 24.3 Å². The maximum atomic E-state index is 12.0. The first-order chi connectivity index (χ1) is 10.3. The highest BCUT2D eigenvalue weighted by Crippen LogP contribution is 2.07. The quantitative estimate of drug-likeness (QED) is 0.623. The average Bonchev–Trinajstić information content (AvgIpc) is 2.50. The Kier molecular flexibility index (Phi) is 7.04. The van der Waals surface area contributed by atoms with Gasteiger partial charge in [0.25, 0.3) is 5.91 Å². The summed E-state index contributed by atoms with van der Waals surface area (Å²) in [4.78, 5) is 35.0. The van der Waals surface area contributed by atoms with Gasteiger partial charge in [0.05, 0.1) is 0 Å². The Bertz CT molecular complexity index is 543. The van der Waals surface area contributed by atoms with E-state index < -0.39 is 11.9 Å². The van der Waals surface area contributed by atoms with Crippen molar-refractivity contribution < 1.29 is 14.4 Å². The van der Waals surface area contributed by atoms with Gasteiger partial charge in [0, 0.05) is 23.4 Å². The fourth-order valence-electron chi connectivity index (χ4n) is 1.60. The standard InChI is InChI=1S/C15H20BrN3O3/c1-9(2)14(21)19-12(13(17)20)8-18-15(22)11-5-3-10(7-16)4-6-11/h3-6,9,12H,7-8H2,1-2H3,(H2,17,20)(H,18,22)(H,19,21). The SMILES string of the molecule is CC(C)C(=O)NC(CNC(=O)c1ccc(CBr)cc1)C(N)=O. The van der Waals surface area contributed by atoms with E-state index in [1.807, 2.05) is 12.1 Å². The summed E-state index contributed by atoms with van der Waals surface area (Å²) in [7, 11) is 0. The summed E-state index contributed by atoms with van der Waals surface area (Å²) in [6.07, 6.45) is 0. The molecule has 1 unspecified atom stereocenters. The van der Waals surface area contributed by atoms with Gasteiger partial charge in [-0.15, -0.1) is 0 Å². The van der Waals surface area contributed by atoms with Gasteiger partial charge in [-0.2, -0.15) is 0 Å². The van der Waals surface area contributed by atoms with Crippen molar-refractivity contribution in [2.24, 2.45) is 11.7 Å². The first-order valence-electron chi connectivity index (χ1n) is 6.88. The highest BCUT2D eigenvalue weighted by atomic mass is 79.9. The number of hydrogen-bond donors (Lipinski definition) is 3. The van der Waals surface area contributed by atoms with Gasteiger partial charge in [-0.1, -0.05) is 41.9 Å². The fraction of sp³-hybridized carbons (Fsp3) is 0.400. The van der Waals surface area contributed by atoms with Crippen LogP contribution in [0.3, 0.4) is 0 Å². The van der Waals surface area contributed by atoms with Crippen molar-refractivity contribution in [1.29, 1.82) is 0 Å². The number of carbonyl (C=O) groups is 3. The summed E-state index contributed by atoms with van der Waals surface area (Å²) >= 11 is 3.33. The lowest BCUT2D eigenvalue weighted by Gasteiger charge is -2.17. The molecule has 0 radical (unpaired) electrons. The molecule has 0 aliphatic rings. The van der Waals surface area contributed by atoms with Crippen LogP contribution < -0.4 is 16.4 Å². The molecule has 1 rings (SSSR count). The summed E-state index contributed by atoms with van der Waals surface area (Å²) in [5.74, 6) is -1.58. The van der Waals surface area contributed by atoms with Gasteiger partial charge in [0.1, 0.15) is 6.04 Å². The van der Waals surface area contributed by atoms with Crippen LogP contribution in [0.1, 0.15) is 29.8 Å². The molecule has 1 atom stereocenters. The van der Waals surface area contributed by atoms with E-state index in [1.165, 1.54) is 0 Å². The normalized spacial score (nSPS) is 11.8. The van der Waals surface area contributed by atoms with E-state index in [0.29, 0.717) is 10.9 Å². The number of rotatable bonds is 7. The van der Waals surface area contributed by atoms with Crippen molar-refractivity contribution >= 4 is 33.7 Å². The third-order valence-corrected chi connectivity index (χ3v) is 3.67. The van der Waals surface area contributed by atoms with Crippen molar-refractivity contribution in [3.8, 4) is 0 Å². The van der Waals surface area contributed by atoms with E-state index >= 15 is 0 Å². The van der Waals surface area contributed by atoms with Crippen LogP contribution in [-0.2, 0) is 14.9 Å². The molecule has 0 aliphatic carbocycles. The Labute approximate surface area is 138 Å². The molecule has 120 valence electrons. The molecule has 0 aliphatic heterocycles. The smallest absolute Gasteiger partial charge is 0.251 e. The van der Waals surface area contributed by atoms with Gasteiger partial charge < -0.3 is 16.4 Å². The first kappa shape index (κ1) is 18.2. The van der Waals surface area contributed by atoms with Crippen LogP contribution >= 0.6 is 15.9 Å². The van der Waals surface area contributed by atoms with E-state index in [2.05, 4.69) is 26.6 Å². The molecule has 0 saturated carbocycles. The number of hydrogen-bond acceptors (Lipinski definition) is 3. The Hall–Kier alpha value is -1.89. The van der Waals surface area contributed by atoms with Crippen LogP contribution in [0.4, 0.5) is 0 Å². The second kappa shape index (κ2) is 8.53. The van der Waals surface area contributed by atoms with Gasteiger partial charge in [-0.25, -0.2) is 0 Å². The minimum atomic E-state index is -0.930. The summed E-state index contributed by atoms with van der Waals surface area (Å²) in [6, 6.07) is 6.11. The predicted molar refractivity (Wildman–Crippen MR) is 87.4 cm³/mol. The maximum Gasteiger partial charge on any atom is 0.251 e. The fourth-order valence-corrected chi connectivity index (χ4v) is 1.98. The van der Waals surface area contributed by atoms with Crippen LogP contribution in [0.25, 0.3) is 0 Å². The van der Waals surface area contributed by atoms with Crippen molar-refractivity contribution in [2.75, 3.05) is 6.54 Å². The first-order valence-corrected chi connectivity index (χ1v) is 8.00. The molecule has 22 heavy (non-hydrogen) atoms. The second-order valence-corrected chi connectivity index (χ2v) is 5.72. The molecular weight excluding hydrogens is 350 g/mol. The molecule has 0 saturated heterocycles. The number of alkyl halides is 1. The van der Waals surface area contributed by atoms with Crippen molar-refractivity contribution in [2.45, 2.75) is 25.2 Å². The van der Waals surface area contributed by atoms with Crippen LogP contribution in [0.2, 0.25) is 0 Å². The molecule has 0 bridgehead atoms. The Balaban J connectivity index is 2.61. The van der Waals surface area contributed by atoms with E-state index in [1.54, 1.807) is 26.0 Å². The van der Waals surface area contributed by atoms with Gasteiger partial charge in [-0.3, -0.25) is 14.4 Å². The number of primary amides is 1. The summed E-state index contributed by atoms with van der Waals surface area (Å²) in [6.45, 7) is 3.36. The van der Waals surface area contributed by atoms with Crippen LogP contribution in [0, 0.1) is 5.92 Å². The molecule has 4 N–H and O–H groups in total. The zero-order valence-corrected chi connectivity index (χ0v) is 14.1. The minimum Gasteiger partial charge on any atom is -0.368 e. The second-order valence-electron chi connectivity index (χ2n) is 5.16. The number of carbonyl (C=O) groups excluding carboxylic acids is 3. The maximum absolute atomic E-state index is 12.0. The number of nitrogens with two attached hydrogens (primary N) is 1. The summed E-state index contributed by atoms with van der Waals surface area (Å²) in [5.41, 5.74) is 6.76. The van der Waals surface area contributed by atoms with Gasteiger partial charge >= 0.3 is 0 Å². The monoisotopic (exact) mass is 369 g/mol. The van der Waals surface area contributed by atoms with E-state index in [9.17, 15) is 14.4 Å². The highest BCUT2D eigenvalue weighted by Gasteiger charge is 2.20. The lowest BCUT2D eigenvalue weighted by atomic mass is 10.1. The van der Waals surface area contributed by atoms with E-state index in [0.717, 1.165) is 5.56 Å². The van der Waals surface area contributed by atoms with Crippen LogP contribution in [-0.4, -0.2) is 30.3 Å². The summed E-state index contributed by atoms with van der Waals surface area (Å²) < 4.78 is 0. The third kappa shape index (κ3) is 5.48. The molecule has 6 nitrogen and oxygen atoms in total. The molecule has 0 aromatic heterocycles. The van der Waals surface area contributed by atoms with Crippen molar-refractivity contribution in [3.05, 3.63) is 35.4 Å². The Morgan fingerprint density at radius 1 is 1.18 bits per heavy atom. The zero-order chi connectivity index (χ0) is 16.7. The molecule has 0 heterocycles. The molecule has 0 fully saturated rings. The van der Waals surface area contributed by atoms with Gasteiger partial charge in [0.2, 0.25) is 11.8 Å². The van der Waals surface area contributed by atoms with E-state index in [-0.39, 0.29) is 24.3 Å². The molecule has 3 amide bonds. The number of amides is 3. The molecular formula is C15H20BrN3O3.